The summed E-state index contributed by atoms with van der Waals surface area (Å²) in [5, 5.41) is 2.07. The summed E-state index contributed by atoms with van der Waals surface area (Å²) in [7, 11) is -15.2. The van der Waals surface area contributed by atoms with E-state index in [2.05, 4.69) is 4.90 Å². The Morgan fingerprint density at radius 2 is 1.31 bits per heavy atom. The molecule has 1 fully saturated rings. The average molecular weight is 1060 g/mol. The number of carbonyl (C=O) groups excluding carboxylic acids is 3. The van der Waals surface area contributed by atoms with Crippen LogP contribution in [0.4, 0.5) is 11.4 Å². The first kappa shape index (κ1) is 59.9. The number of aryl methyl sites for hydroxylation is 1. The van der Waals surface area contributed by atoms with E-state index in [-0.39, 0.29) is 189 Å². The fourth-order valence-corrected chi connectivity index (χ4v) is 11.3. The van der Waals surface area contributed by atoms with Crippen molar-refractivity contribution in [2.24, 2.45) is 0 Å². The minimum absolute atomic E-state index is 0. The monoisotopic (exact) mass is 1060 g/mol. The molecule has 16 nitrogen and oxygen atoms in total. The number of amides is 2. The molecule has 0 unspecified atom stereocenters. The molecule has 0 spiro atoms. The van der Waals surface area contributed by atoms with E-state index in [4.69, 9.17) is 4.84 Å². The van der Waals surface area contributed by atoms with Crippen molar-refractivity contribution < 1.29 is 217 Å². The molecule has 3 aliphatic rings. The zero-order valence-corrected chi connectivity index (χ0v) is 51.4. The minimum Gasteiger partial charge on any atom is -0.744 e. The van der Waals surface area contributed by atoms with Gasteiger partial charge in [-0.25, -0.2) is 30.0 Å². The van der Waals surface area contributed by atoms with Crippen LogP contribution >= 0.6 is 0 Å². The van der Waals surface area contributed by atoms with Crippen LogP contribution in [-0.2, 0) is 60.4 Å². The van der Waals surface area contributed by atoms with Crippen molar-refractivity contribution >= 4 is 86.8 Å². The Hall–Kier alpha value is -0.661. The standard InChI is InChI=1S/C46H49N3O13S3.3K/c1-7-47-35-19-17-31-28(2)24-29(63(53,54)55)25-33(31)43(35)45(3,4)38(47)14-10-8-11-15-39-46(5,6)44-34-26-30(64(56,57)58)27-37(65(59,60)61)32(34)18-20-36(44)48(39)23-13-9-12-16-42(52)62-49-40(50)21-22-41(49)51;;;/h8,10-11,14-15,17-20,24-27H,7,9,12-13,16,21-23H2,1-6H3,(H2-,53,54,55,56,57,58,59,60,61);;;/q;3*+1/p-2. The summed E-state index contributed by atoms with van der Waals surface area (Å²) in [5.74, 6) is -1.88. The molecule has 0 bridgehead atoms. The molecule has 68 heavy (non-hydrogen) atoms. The largest absolute Gasteiger partial charge is 1.00 e. The number of allylic oxidation sites excluding steroid dienone is 6. The van der Waals surface area contributed by atoms with Crippen LogP contribution < -0.4 is 159 Å². The second kappa shape index (κ2) is 22.8. The number of hydrogen-bond acceptors (Lipinski definition) is 14. The van der Waals surface area contributed by atoms with Crippen LogP contribution in [0.5, 0.6) is 0 Å². The molecule has 3 heterocycles. The van der Waals surface area contributed by atoms with Crippen molar-refractivity contribution in [1.82, 2.24) is 5.06 Å². The molecule has 2 amide bonds. The number of anilines is 1. The van der Waals surface area contributed by atoms with Crippen molar-refractivity contribution in [1.29, 1.82) is 0 Å². The number of likely N-dealkylation sites (N-methyl/N-ethyl adjacent to an activating group) is 1. The van der Waals surface area contributed by atoms with Crippen molar-refractivity contribution in [3.63, 3.8) is 0 Å². The minimum atomic E-state index is -5.24. The van der Waals surface area contributed by atoms with E-state index in [9.17, 15) is 53.3 Å². The molecule has 344 valence electrons. The van der Waals surface area contributed by atoms with Crippen molar-refractivity contribution in [3.05, 3.63) is 101 Å². The molecule has 4 aromatic carbocycles. The van der Waals surface area contributed by atoms with Crippen LogP contribution in [-0.4, -0.2) is 85.1 Å². The van der Waals surface area contributed by atoms with Gasteiger partial charge in [0.15, 0.2) is 5.71 Å². The number of benzene rings is 4. The van der Waals surface area contributed by atoms with Gasteiger partial charge in [-0.1, -0.05) is 38.1 Å². The molecule has 1 saturated heterocycles. The average Bonchev–Trinajstić information content (AvgIpc) is 3.73. The first-order chi connectivity index (χ1) is 30.3. The van der Waals surface area contributed by atoms with Gasteiger partial charge in [0, 0.05) is 72.1 Å². The summed E-state index contributed by atoms with van der Waals surface area (Å²) in [6.45, 7) is 12.5. The number of hydrogen-bond donors (Lipinski definition) is 0. The van der Waals surface area contributed by atoms with Crippen LogP contribution in [0, 0.1) is 6.92 Å². The molecular formula is C46H47K3N3O13S3+. The second-order valence-electron chi connectivity index (χ2n) is 17.3. The summed E-state index contributed by atoms with van der Waals surface area (Å²) in [5.41, 5.74) is 3.55. The third-order valence-electron chi connectivity index (χ3n) is 12.4. The quantitative estimate of drug-likeness (QED) is 0.0314. The van der Waals surface area contributed by atoms with E-state index in [1.54, 1.807) is 13.0 Å². The van der Waals surface area contributed by atoms with Gasteiger partial charge in [0.05, 0.1) is 20.1 Å². The molecule has 4 aromatic rings. The van der Waals surface area contributed by atoms with E-state index >= 15 is 0 Å². The van der Waals surface area contributed by atoms with Gasteiger partial charge in [0.2, 0.25) is 5.69 Å². The first-order valence-corrected chi connectivity index (χ1v) is 25.1. The maximum Gasteiger partial charge on any atom is 1.00 e. The Balaban J connectivity index is 0.00000336. The van der Waals surface area contributed by atoms with Crippen LogP contribution in [0.3, 0.4) is 0 Å². The van der Waals surface area contributed by atoms with Gasteiger partial charge in [-0.2, -0.15) is 4.58 Å². The van der Waals surface area contributed by atoms with E-state index in [0.29, 0.717) is 71.4 Å². The zero-order valence-electron chi connectivity index (χ0n) is 39.5. The van der Waals surface area contributed by atoms with Crippen LogP contribution in [0.1, 0.15) is 89.8 Å². The molecule has 0 radical (unpaired) electrons. The Bertz CT molecular complexity index is 3200. The Labute approximate surface area is 524 Å². The number of carbonyl (C=O) groups is 3. The maximum atomic E-state index is 12.5. The van der Waals surface area contributed by atoms with Crippen LogP contribution in [0.15, 0.2) is 99.3 Å². The number of imide groups is 1. The van der Waals surface area contributed by atoms with E-state index in [1.807, 2.05) is 81.7 Å². The Morgan fingerprint density at radius 3 is 1.90 bits per heavy atom. The fraction of sp³-hybridized carbons (Fsp3) is 0.348. The predicted octanol–water partition coefficient (Wildman–Crippen LogP) is -2.62. The summed E-state index contributed by atoms with van der Waals surface area (Å²) in [6.07, 6.45) is 10.6. The topological polar surface area (TPSA) is 242 Å². The van der Waals surface area contributed by atoms with Crippen molar-refractivity contribution in [2.45, 2.75) is 106 Å². The number of unbranched alkanes of at least 4 members (excludes halogenated alkanes) is 2. The second-order valence-corrected chi connectivity index (χ2v) is 21.4. The molecule has 0 saturated carbocycles. The molecule has 22 heteroatoms. The molecule has 3 aliphatic heterocycles. The van der Waals surface area contributed by atoms with Gasteiger partial charge >= 0.3 is 160 Å². The maximum absolute atomic E-state index is 12.5. The zero-order chi connectivity index (χ0) is 47.6. The molecule has 0 atom stereocenters. The van der Waals surface area contributed by atoms with E-state index < -0.39 is 68.8 Å². The van der Waals surface area contributed by atoms with Gasteiger partial charge < -0.3 is 23.4 Å². The third-order valence-corrected chi connectivity index (χ3v) is 14.9. The summed E-state index contributed by atoms with van der Waals surface area (Å²) >= 11 is 0. The summed E-state index contributed by atoms with van der Waals surface area (Å²) in [6, 6.07) is 11.5. The summed E-state index contributed by atoms with van der Waals surface area (Å²) in [4.78, 5) is 41.3. The Morgan fingerprint density at radius 1 is 0.721 bits per heavy atom. The molecule has 0 aliphatic carbocycles. The number of rotatable bonds is 14. The van der Waals surface area contributed by atoms with Gasteiger partial charge in [0.1, 0.15) is 36.9 Å². The van der Waals surface area contributed by atoms with Gasteiger partial charge in [0.25, 0.3) is 11.8 Å². The summed E-state index contributed by atoms with van der Waals surface area (Å²) < 4.78 is 113. The number of hydroxylamine groups is 2. The van der Waals surface area contributed by atoms with E-state index in [0.717, 1.165) is 28.4 Å². The van der Waals surface area contributed by atoms with Gasteiger partial charge in [-0.3, -0.25) is 9.59 Å². The molecular weight excluding hydrogens is 1020 g/mol. The van der Waals surface area contributed by atoms with Crippen molar-refractivity contribution in [3.8, 4) is 0 Å². The SMILES string of the molecule is CCN1/C(=C/C=C/C=C/C2=[N+](CCCCCC(=O)ON3C(=O)CCC3=O)c3ccc4c(S(=O)(=O)[O-])cc(S(=O)(=O)[O-])cc4c3C2(C)C)C(C)(C)c2c1ccc1c(C)cc(S(=O)(=O)[O-])cc21.[K+].[K+].[K+]. The Kier molecular flexibility index (Phi) is 20.1. The third kappa shape index (κ3) is 12.0. The molecule has 0 N–H and O–H groups in total. The molecule has 0 aromatic heterocycles. The van der Waals surface area contributed by atoms with E-state index in [1.165, 1.54) is 18.2 Å². The smallest absolute Gasteiger partial charge is 0.744 e. The first-order valence-electron chi connectivity index (χ1n) is 20.9. The van der Waals surface area contributed by atoms with Gasteiger partial charge in [-0.15, -0.1) is 5.06 Å². The van der Waals surface area contributed by atoms with Crippen molar-refractivity contribution in [2.75, 3.05) is 18.0 Å². The number of nitrogens with zero attached hydrogens (tertiary/aromatic N) is 3. The normalized spacial score (nSPS) is 17.3. The fourth-order valence-electron chi connectivity index (χ4n) is 9.45. The van der Waals surface area contributed by atoms with Crippen LogP contribution in [0.2, 0.25) is 0 Å². The predicted molar refractivity (Wildman–Crippen MR) is 237 cm³/mol. The number of fused-ring (bicyclic) bond motifs is 6. The van der Waals surface area contributed by atoms with Crippen LogP contribution in [0.25, 0.3) is 21.5 Å². The molecule has 7 rings (SSSR count). The van der Waals surface area contributed by atoms with Gasteiger partial charge in [-0.05, 0) is 110 Å².